The number of carbonyl (C=O) groups excluding carboxylic acids is 1. The molecule has 1 aliphatic heterocycles. The van der Waals surface area contributed by atoms with Gasteiger partial charge in [0.25, 0.3) is 5.91 Å². The summed E-state index contributed by atoms with van der Waals surface area (Å²) in [5.41, 5.74) is 2.47. The average Bonchev–Trinajstić information content (AvgIpc) is 3.35. The van der Waals surface area contributed by atoms with E-state index < -0.39 is 10.0 Å². The molecule has 0 unspecified atom stereocenters. The largest absolute Gasteiger partial charge is 0.495 e. The lowest BCUT2D eigenvalue weighted by molar-refractivity contribution is 0.0950. The zero-order valence-electron chi connectivity index (χ0n) is 18.9. The summed E-state index contributed by atoms with van der Waals surface area (Å²) in [7, 11) is -2.36. The highest BCUT2D eigenvalue weighted by Crippen LogP contribution is 2.27. The number of sulfonamides is 1. The van der Waals surface area contributed by atoms with E-state index in [0.29, 0.717) is 6.54 Å². The first-order valence-corrected chi connectivity index (χ1v) is 14.0. The van der Waals surface area contributed by atoms with Crippen LogP contribution in [0.15, 0.2) is 47.4 Å². The molecule has 4 rings (SSSR count). The van der Waals surface area contributed by atoms with Gasteiger partial charge in [0.05, 0.1) is 7.11 Å². The lowest BCUT2D eigenvalue weighted by Gasteiger charge is -2.28. The number of hydrogen-bond acceptors (Lipinski definition) is 6. The average molecular weight is 490 g/mol. The number of nitrogens with one attached hydrogen (secondary N) is 2. The van der Waals surface area contributed by atoms with Crippen molar-refractivity contribution in [1.82, 2.24) is 10.0 Å². The smallest absolute Gasteiger partial charge is 0.251 e. The number of amides is 1. The minimum Gasteiger partial charge on any atom is -0.495 e. The number of anilines is 1. The Morgan fingerprint density at radius 1 is 1.09 bits per heavy atom. The van der Waals surface area contributed by atoms with Gasteiger partial charge in [-0.15, -0.1) is 0 Å². The van der Waals surface area contributed by atoms with Crippen molar-refractivity contribution in [3.8, 4) is 5.75 Å². The van der Waals surface area contributed by atoms with E-state index in [-0.39, 0.29) is 28.2 Å². The van der Waals surface area contributed by atoms with Crippen LogP contribution in [0.25, 0.3) is 0 Å². The number of carbonyl (C=O) groups is 1. The van der Waals surface area contributed by atoms with Gasteiger partial charge in [0.1, 0.15) is 10.6 Å². The van der Waals surface area contributed by atoms with Gasteiger partial charge in [-0.2, -0.15) is 11.8 Å². The van der Waals surface area contributed by atoms with Gasteiger partial charge in [-0.1, -0.05) is 25.0 Å². The van der Waals surface area contributed by atoms with Crippen LogP contribution < -0.4 is 19.7 Å². The quantitative estimate of drug-likeness (QED) is 0.591. The highest BCUT2D eigenvalue weighted by atomic mass is 32.2. The monoisotopic (exact) mass is 489 g/mol. The molecule has 1 heterocycles. The molecule has 2 aromatic carbocycles. The molecule has 1 aliphatic carbocycles. The van der Waals surface area contributed by atoms with Gasteiger partial charge in [0.2, 0.25) is 10.0 Å². The number of benzene rings is 2. The highest BCUT2D eigenvalue weighted by Gasteiger charge is 2.26. The first kappa shape index (κ1) is 23.9. The van der Waals surface area contributed by atoms with Gasteiger partial charge in [-0.05, 0) is 48.7 Å². The van der Waals surface area contributed by atoms with Crippen molar-refractivity contribution in [1.29, 1.82) is 0 Å². The van der Waals surface area contributed by atoms with Crippen LogP contribution in [-0.2, 0) is 16.6 Å². The predicted octanol–water partition coefficient (Wildman–Crippen LogP) is 3.40. The van der Waals surface area contributed by atoms with E-state index in [9.17, 15) is 13.2 Å². The van der Waals surface area contributed by atoms with Crippen molar-refractivity contribution < 1.29 is 17.9 Å². The van der Waals surface area contributed by atoms with E-state index in [2.05, 4.69) is 27.1 Å². The molecule has 2 aliphatic rings. The SMILES string of the molecule is COc1ccc(C(=O)NCc2ccc(N3CCSCC3)cc2)cc1S(=O)(=O)NC1CCCC1. The van der Waals surface area contributed by atoms with Crippen LogP contribution in [0, 0.1) is 0 Å². The minimum absolute atomic E-state index is 0.00593. The Morgan fingerprint density at radius 3 is 2.45 bits per heavy atom. The molecule has 2 aromatic rings. The Kier molecular flexibility index (Phi) is 7.82. The maximum Gasteiger partial charge on any atom is 0.251 e. The van der Waals surface area contributed by atoms with Gasteiger partial charge in [0.15, 0.2) is 0 Å². The maximum atomic E-state index is 13.0. The molecule has 0 aromatic heterocycles. The molecular weight excluding hydrogens is 458 g/mol. The zero-order valence-corrected chi connectivity index (χ0v) is 20.5. The Hall–Kier alpha value is -2.23. The van der Waals surface area contributed by atoms with Crippen LogP contribution in [0.2, 0.25) is 0 Å². The molecule has 1 saturated heterocycles. The van der Waals surface area contributed by atoms with Gasteiger partial charge in [0, 0.05) is 48.4 Å². The molecule has 0 radical (unpaired) electrons. The second-order valence-electron chi connectivity index (χ2n) is 8.42. The fourth-order valence-electron chi connectivity index (χ4n) is 4.29. The molecule has 0 bridgehead atoms. The summed E-state index contributed by atoms with van der Waals surface area (Å²) in [6.45, 7) is 2.47. The van der Waals surface area contributed by atoms with Gasteiger partial charge < -0.3 is 15.0 Å². The lowest BCUT2D eigenvalue weighted by Crippen LogP contribution is -2.33. The van der Waals surface area contributed by atoms with Crippen molar-refractivity contribution in [3.05, 3.63) is 53.6 Å². The fraction of sp³-hybridized carbons (Fsp3) is 0.458. The molecule has 0 atom stereocenters. The molecular formula is C24H31N3O4S2. The standard InChI is InChI=1S/C24H31N3O4S2/c1-31-22-11-8-19(16-23(22)33(29,30)26-20-4-2-3-5-20)24(28)25-17-18-6-9-21(10-7-18)27-12-14-32-15-13-27/h6-11,16,20,26H,2-5,12-15,17H2,1H3,(H,25,28). The third-order valence-corrected chi connectivity index (χ3v) is 8.64. The molecule has 1 saturated carbocycles. The van der Waals surface area contributed by atoms with Crippen molar-refractivity contribution in [2.24, 2.45) is 0 Å². The van der Waals surface area contributed by atoms with Gasteiger partial charge in [-0.25, -0.2) is 13.1 Å². The van der Waals surface area contributed by atoms with E-state index in [1.54, 1.807) is 6.07 Å². The number of thioether (sulfide) groups is 1. The lowest BCUT2D eigenvalue weighted by atomic mass is 10.1. The minimum atomic E-state index is -3.79. The fourth-order valence-corrected chi connectivity index (χ4v) is 6.69. The molecule has 178 valence electrons. The van der Waals surface area contributed by atoms with Crippen molar-refractivity contribution in [3.63, 3.8) is 0 Å². The number of rotatable bonds is 8. The molecule has 1 amide bonds. The highest BCUT2D eigenvalue weighted by molar-refractivity contribution is 7.99. The van der Waals surface area contributed by atoms with Crippen LogP contribution in [0.3, 0.4) is 0 Å². The van der Waals surface area contributed by atoms with E-state index in [4.69, 9.17) is 4.74 Å². The van der Waals surface area contributed by atoms with Crippen LogP contribution in [-0.4, -0.2) is 52.1 Å². The molecule has 0 spiro atoms. The molecule has 2 fully saturated rings. The Morgan fingerprint density at radius 2 is 1.79 bits per heavy atom. The van der Waals surface area contributed by atoms with Crippen molar-refractivity contribution in [2.75, 3.05) is 36.6 Å². The van der Waals surface area contributed by atoms with Crippen LogP contribution in [0.5, 0.6) is 5.75 Å². The second kappa shape index (κ2) is 10.8. The van der Waals surface area contributed by atoms with Crippen LogP contribution in [0.1, 0.15) is 41.6 Å². The molecule has 2 N–H and O–H groups in total. The second-order valence-corrected chi connectivity index (χ2v) is 11.3. The Bertz CT molecular complexity index is 1060. The summed E-state index contributed by atoms with van der Waals surface area (Å²) in [4.78, 5) is 15.1. The third-order valence-electron chi connectivity index (χ3n) is 6.16. The van der Waals surface area contributed by atoms with E-state index in [1.807, 2.05) is 23.9 Å². The van der Waals surface area contributed by atoms with Gasteiger partial charge in [-0.3, -0.25) is 4.79 Å². The predicted molar refractivity (Wildman–Crippen MR) is 133 cm³/mol. The summed E-state index contributed by atoms with van der Waals surface area (Å²) in [6, 6.07) is 12.7. The van der Waals surface area contributed by atoms with E-state index >= 15 is 0 Å². The Balaban J connectivity index is 1.42. The van der Waals surface area contributed by atoms with Crippen LogP contribution >= 0.6 is 11.8 Å². The summed E-state index contributed by atoms with van der Waals surface area (Å²) in [5.74, 6) is 2.19. The first-order valence-electron chi connectivity index (χ1n) is 11.4. The summed E-state index contributed by atoms with van der Waals surface area (Å²) < 4.78 is 33.9. The molecule has 33 heavy (non-hydrogen) atoms. The normalized spacial score (nSPS) is 17.2. The van der Waals surface area contributed by atoms with Crippen LogP contribution in [0.4, 0.5) is 5.69 Å². The number of methoxy groups -OCH3 is 1. The third kappa shape index (κ3) is 6.02. The summed E-state index contributed by atoms with van der Waals surface area (Å²) in [5, 5.41) is 2.89. The summed E-state index contributed by atoms with van der Waals surface area (Å²) in [6.07, 6.45) is 3.70. The number of nitrogens with zero attached hydrogens (tertiary/aromatic N) is 1. The summed E-state index contributed by atoms with van der Waals surface area (Å²) >= 11 is 1.98. The van der Waals surface area contributed by atoms with E-state index in [1.165, 1.54) is 24.9 Å². The molecule has 9 heteroatoms. The Labute approximate surface area is 200 Å². The number of ether oxygens (including phenoxy) is 1. The first-order chi connectivity index (χ1) is 16.0. The van der Waals surface area contributed by atoms with Crippen molar-refractivity contribution in [2.45, 2.75) is 43.2 Å². The topological polar surface area (TPSA) is 87.7 Å². The zero-order chi connectivity index (χ0) is 23.3. The van der Waals surface area contributed by atoms with Gasteiger partial charge >= 0.3 is 0 Å². The maximum absolute atomic E-state index is 13.0. The number of hydrogen-bond donors (Lipinski definition) is 2. The van der Waals surface area contributed by atoms with E-state index in [0.717, 1.165) is 55.8 Å². The van der Waals surface area contributed by atoms with Crippen molar-refractivity contribution >= 4 is 33.4 Å². The molecule has 7 nitrogen and oxygen atoms in total.